The Morgan fingerprint density at radius 1 is 1.33 bits per heavy atom. The summed E-state index contributed by atoms with van der Waals surface area (Å²) in [6.07, 6.45) is 1.14. The molecular weight excluding hydrogens is 293 g/mol. The van der Waals surface area contributed by atoms with Crippen LogP contribution >= 0.6 is 11.6 Å². The fraction of sp³-hybridized carbons (Fsp3) is 0.400. The SMILES string of the molecule is CN(C)CCn1ncc(Cl)c1C(O)Cc1ccc(F)cc1. The van der Waals surface area contributed by atoms with Crippen molar-refractivity contribution in [2.24, 2.45) is 0 Å². The van der Waals surface area contributed by atoms with E-state index in [9.17, 15) is 9.50 Å². The summed E-state index contributed by atoms with van der Waals surface area (Å²) in [5.41, 5.74) is 1.45. The lowest BCUT2D eigenvalue weighted by Gasteiger charge is -2.16. The fourth-order valence-electron chi connectivity index (χ4n) is 2.12. The van der Waals surface area contributed by atoms with Gasteiger partial charge in [0.05, 0.1) is 23.5 Å². The zero-order valence-electron chi connectivity index (χ0n) is 12.1. The topological polar surface area (TPSA) is 41.3 Å². The van der Waals surface area contributed by atoms with Crippen molar-refractivity contribution in [2.75, 3.05) is 20.6 Å². The first-order valence-corrected chi connectivity index (χ1v) is 7.13. The van der Waals surface area contributed by atoms with Gasteiger partial charge < -0.3 is 10.0 Å². The lowest BCUT2D eigenvalue weighted by atomic mass is 10.1. The number of benzene rings is 1. The van der Waals surface area contributed by atoms with Gasteiger partial charge in [-0.15, -0.1) is 0 Å². The summed E-state index contributed by atoms with van der Waals surface area (Å²) < 4.78 is 14.6. The molecule has 21 heavy (non-hydrogen) atoms. The van der Waals surface area contributed by atoms with Gasteiger partial charge in [0.1, 0.15) is 11.9 Å². The summed E-state index contributed by atoms with van der Waals surface area (Å²) in [6.45, 7) is 1.45. The van der Waals surface area contributed by atoms with E-state index >= 15 is 0 Å². The summed E-state index contributed by atoms with van der Waals surface area (Å²) in [5, 5.41) is 15.1. The molecule has 0 spiro atoms. The van der Waals surface area contributed by atoms with Gasteiger partial charge in [-0.2, -0.15) is 5.10 Å². The van der Waals surface area contributed by atoms with Crippen LogP contribution in [0.3, 0.4) is 0 Å². The van der Waals surface area contributed by atoms with Gasteiger partial charge in [-0.05, 0) is 31.8 Å². The van der Waals surface area contributed by atoms with Gasteiger partial charge in [0.15, 0.2) is 0 Å². The number of halogens is 2. The fourth-order valence-corrected chi connectivity index (χ4v) is 2.38. The molecule has 6 heteroatoms. The first kappa shape index (κ1) is 15.9. The molecule has 0 bridgehead atoms. The lowest BCUT2D eigenvalue weighted by molar-refractivity contribution is 0.165. The lowest BCUT2D eigenvalue weighted by Crippen LogP contribution is -2.21. The predicted octanol–water partition coefficient (Wildman–Crippen LogP) is 2.51. The highest BCUT2D eigenvalue weighted by atomic mass is 35.5. The molecule has 0 radical (unpaired) electrons. The van der Waals surface area contributed by atoms with Crippen molar-refractivity contribution in [3.05, 3.63) is 52.6 Å². The van der Waals surface area contributed by atoms with E-state index in [-0.39, 0.29) is 5.82 Å². The molecule has 0 fully saturated rings. The van der Waals surface area contributed by atoms with Gasteiger partial charge in [0, 0.05) is 13.0 Å². The van der Waals surface area contributed by atoms with Crippen molar-refractivity contribution in [3.63, 3.8) is 0 Å². The second-order valence-corrected chi connectivity index (χ2v) is 5.66. The minimum absolute atomic E-state index is 0.290. The van der Waals surface area contributed by atoms with Gasteiger partial charge >= 0.3 is 0 Å². The van der Waals surface area contributed by atoms with E-state index in [4.69, 9.17) is 11.6 Å². The molecule has 2 aromatic rings. The quantitative estimate of drug-likeness (QED) is 0.891. The highest BCUT2D eigenvalue weighted by Gasteiger charge is 2.18. The maximum atomic E-state index is 12.9. The maximum Gasteiger partial charge on any atom is 0.123 e. The van der Waals surface area contributed by atoms with Crippen LogP contribution in [0.25, 0.3) is 0 Å². The molecule has 0 aliphatic carbocycles. The van der Waals surface area contributed by atoms with Crippen LogP contribution in [-0.4, -0.2) is 40.4 Å². The van der Waals surface area contributed by atoms with Crippen molar-refractivity contribution in [1.29, 1.82) is 0 Å². The summed E-state index contributed by atoms with van der Waals surface area (Å²) >= 11 is 6.13. The first-order chi connectivity index (χ1) is 9.97. The third kappa shape index (κ3) is 4.27. The Labute approximate surface area is 128 Å². The number of aliphatic hydroxyl groups excluding tert-OH is 1. The number of likely N-dealkylation sites (N-methyl/N-ethyl adjacent to an activating group) is 1. The Hall–Kier alpha value is -1.43. The molecule has 1 N–H and O–H groups in total. The van der Waals surface area contributed by atoms with E-state index in [0.717, 1.165) is 12.1 Å². The van der Waals surface area contributed by atoms with Crippen LogP contribution in [0.5, 0.6) is 0 Å². The van der Waals surface area contributed by atoms with Crippen molar-refractivity contribution in [3.8, 4) is 0 Å². The molecule has 114 valence electrons. The van der Waals surface area contributed by atoms with E-state index in [1.807, 2.05) is 19.0 Å². The average molecular weight is 312 g/mol. The van der Waals surface area contributed by atoms with Gasteiger partial charge in [-0.1, -0.05) is 23.7 Å². The Balaban J connectivity index is 2.12. The zero-order chi connectivity index (χ0) is 15.4. The van der Waals surface area contributed by atoms with Crippen LogP contribution in [0.2, 0.25) is 5.02 Å². The number of nitrogens with zero attached hydrogens (tertiary/aromatic N) is 3. The second-order valence-electron chi connectivity index (χ2n) is 5.25. The Morgan fingerprint density at radius 3 is 2.62 bits per heavy atom. The molecule has 0 aliphatic rings. The summed E-state index contributed by atoms with van der Waals surface area (Å²) in [7, 11) is 3.94. The Bertz CT molecular complexity index is 583. The van der Waals surface area contributed by atoms with Crippen molar-refractivity contribution in [2.45, 2.75) is 19.1 Å². The standard InChI is InChI=1S/C15H19ClFN3O/c1-19(2)7-8-20-15(13(16)10-18-20)14(21)9-11-3-5-12(17)6-4-11/h3-6,10,14,21H,7-9H2,1-2H3. The Morgan fingerprint density at radius 2 is 2.00 bits per heavy atom. The van der Waals surface area contributed by atoms with Crippen molar-refractivity contribution < 1.29 is 9.50 Å². The molecular formula is C15H19ClFN3O. The summed E-state index contributed by atoms with van der Waals surface area (Å²) in [4.78, 5) is 2.03. The largest absolute Gasteiger partial charge is 0.386 e. The predicted molar refractivity (Wildman–Crippen MR) is 80.9 cm³/mol. The maximum absolute atomic E-state index is 12.9. The van der Waals surface area contributed by atoms with Crippen LogP contribution in [0.15, 0.2) is 30.5 Å². The molecule has 0 aliphatic heterocycles. The third-order valence-electron chi connectivity index (χ3n) is 3.25. The molecule has 4 nitrogen and oxygen atoms in total. The van der Waals surface area contributed by atoms with Crippen LogP contribution in [-0.2, 0) is 13.0 Å². The molecule has 1 atom stereocenters. The second kappa shape index (κ2) is 7.02. The van der Waals surface area contributed by atoms with E-state index < -0.39 is 6.10 Å². The summed E-state index contributed by atoms with van der Waals surface area (Å²) in [6, 6.07) is 6.08. The highest BCUT2D eigenvalue weighted by Crippen LogP contribution is 2.25. The van der Waals surface area contributed by atoms with Crippen LogP contribution in [0, 0.1) is 5.82 Å². The van der Waals surface area contributed by atoms with E-state index in [1.54, 1.807) is 23.0 Å². The minimum atomic E-state index is -0.771. The molecule has 0 saturated carbocycles. The number of aliphatic hydroxyl groups is 1. The van der Waals surface area contributed by atoms with E-state index in [0.29, 0.717) is 23.7 Å². The zero-order valence-corrected chi connectivity index (χ0v) is 12.9. The molecule has 1 aromatic heterocycles. The number of rotatable bonds is 6. The van der Waals surface area contributed by atoms with E-state index in [2.05, 4.69) is 5.10 Å². The van der Waals surface area contributed by atoms with Gasteiger partial charge in [0.25, 0.3) is 0 Å². The van der Waals surface area contributed by atoms with Crippen LogP contribution < -0.4 is 0 Å². The van der Waals surface area contributed by atoms with Crippen LogP contribution in [0.4, 0.5) is 4.39 Å². The highest BCUT2D eigenvalue weighted by molar-refractivity contribution is 6.31. The first-order valence-electron chi connectivity index (χ1n) is 6.76. The Kier molecular flexibility index (Phi) is 5.33. The smallest absolute Gasteiger partial charge is 0.123 e. The van der Waals surface area contributed by atoms with Gasteiger partial charge in [-0.3, -0.25) is 4.68 Å². The van der Waals surface area contributed by atoms with Gasteiger partial charge in [-0.25, -0.2) is 4.39 Å². The van der Waals surface area contributed by atoms with Crippen LogP contribution in [0.1, 0.15) is 17.4 Å². The molecule has 1 unspecified atom stereocenters. The molecule has 0 amide bonds. The molecule has 1 aromatic carbocycles. The van der Waals surface area contributed by atoms with Crippen molar-refractivity contribution in [1.82, 2.24) is 14.7 Å². The third-order valence-corrected chi connectivity index (χ3v) is 3.54. The normalized spacial score (nSPS) is 12.9. The molecule has 2 rings (SSSR count). The molecule has 1 heterocycles. The molecule has 0 saturated heterocycles. The number of hydrogen-bond donors (Lipinski definition) is 1. The van der Waals surface area contributed by atoms with Gasteiger partial charge in [0.2, 0.25) is 0 Å². The van der Waals surface area contributed by atoms with E-state index in [1.165, 1.54) is 12.1 Å². The number of aromatic nitrogens is 2. The average Bonchev–Trinajstić information content (AvgIpc) is 2.80. The summed E-state index contributed by atoms with van der Waals surface area (Å²) in [5.74, 6) is -0.290. The van der Waals surface area contributed by atoms with Crippen molar-refractivity contribution >= 4 is 11.6 Å². The number of hydrogen-bond acceptors (Lipinski definition) is 3. The monoisotopic (exact) mass is 311 g/mol. The minimum Gasteiger partial charge on any atom is -0.386 e.